The van der Waals surface area contributed by atoms with Crippen LogP contribution < -0.4 is 10.1 Å². The lowest BCUT2D eigenvalue weighted by Gasteiger charge is -2.16. The maximum Gasteiger partial charge on any atom is 0.255 e. The highest BCUT2D eigenvalue weighted by atomic mass is 16.6. The van der Waals surface area contributed by atoms with Crippen molar-refractivity contribution in [3.05, 3.63) is 59.2 Å². The van der Waals surface area contributed by atoms with Gasteiger partial charge in [-0.3, -0.25) is 9.59 Å². The molecular weight excluding hydrogens is 320 g/mol. The Hall–Kier alpha value is -3.15. The van der Waals surface area contributed by atoms with Gasteiger partial charge in [0.25, 0.3) is 5.91 Å². The van der Waals surface area contributed by atoms with Crippen LogP contribution in [0, 0.1) is 0 Å². The topological polar surface area (TPSA) is 77.0 Å². The van der Waals surface area contributed by atoms with Crippen LogP contribution in [-0.2, 0) is 4.84 Å². The Morgan fingerprint density at radius 1 is 1.16 bits per heavy atom. The number of ketones is 1. The summed E-state index contributed by atoms with van der Waals surface area (Å²) in [5.41, 5.74) is 2.34. The minimum Gasteiger partial charge on any atom is -0.497 e. The fraction of sp³-hybridized carbons (Fsp3) is 0.211. The molecule has 0 aromatic heterocycles. The van der Waals surface area contributed by atoms with Gasteiger partial charge in [0.1, 0.15) is 5.75 Å². The van der Waals surface area contributed by atoms with E-state index < -0.39 is 0 Å². The summed E-state index contributed by atoms with van der Waals surface area (Å²) in [7, 11) is 1.57. The number of nitrogens with zero attached hydrogens (tertiary/aromatic N) is 1. The van der Waals surface area contributed by atoms with Crippen molar-refractivity contribution in [1.82, 2.24) is 0 Å². The third-order valence-electron chi connectivity index (χ3n) is 3.99. The first-order valence-corrected chi connectivity index (χ1v) is 7.86. The number of anilines is 1. The molecule has 0 fully saturated rings. The van der Waals surface area contributed by atoms with Gasteiger partial charge in [-0.2, -0.15) is 0 Å². The molecule has 1 aliphatic rings. The summed E-state index contributed by atoms with van der Waals surface area (Å²) in [5, 5.41) is 6.65. The molecule has 6 heteroatoms. The molecule has 1 amide bonds. The minimum atomic E-state index is -0.275. The summed E-state index contributed by atoms with van der Waals surface area (Å²) in [5.74, 6) is 0.325. The normalized spacial score (nSPS) is 15.5. The molecule has 0 spiro atoms. The van der Waals surface area contributed by atoms with Gasteiger partial charge in [-0.15, -0.1) is 0 Å². The van der Waals surface area contributed by atoms with Crippen molar-refractivity contribution < 1.29 is 19.2 Å². The predicted molar refractivity (Wildman–Crippen MR) is 94.3 cm³/mol. The van der Waals surface area contributed by atoms with Crippen molar-refractivity contribution in [2.75, 3.05) is 12.4 Å². The Balaban J connectivity index is 1.89. The molecule has 1 unspecified atom stereocenters. The highest BCUT2D eigenvalue weighted by Gasteiger charge is 2.22. The van der Waals surface area contributed by atoms with Crippen LogP contribution in [0.1, 0.15) is 45.7 Å². The Morgan fingerprint density at radius 3 is 2.48 bits per heavy atom. The number of hydrogen-bond acceptors (Lipinski definition) is 5. The molecule has 1 N–H and O–H groups in total. The second-order valence-electron chi connectivity index (χ2n) is 5.66. The van der Waals surface area contributed by atoms with Crippen LogP contribution in [0.15, 0.2) is 47.6 Å². The monoisotopic (exact) mass is 338 g/mol. The van der Waals surface area contributed by atoms with E-state index >= 15 is 0 Å². The van der Waals surface area contributed by atoms with Gasteiger partial charge in [0, 0.05) is 35.0 Å². The lowest BCUT2D eigenvalue weighted by atomic mass is 10.0. The Labute approximate surface area is 145 Å². The van der Waals surface area contributed by atoms with Crippen molar-refractivity contribution >= 4 is 23.6 Å². The van der Waals surface area contributed by atoms with Crippen molar-refractivity contribution in [2.24, 2.45) is 5.16 Å². The number of rotatable bonds is 5. The molecule has 25 heavy (non-hydrogen) atoms. The van der Waals surface area contributed by atoms with Crippen molar-refractivity contribution in [1.29, 1.82) is 0 Å². The Morgan fingerprint density at radius 2 is 1.88 bits per heavy atom. The van der Waals surface area contributed by atoms with Gasteiger partial charge in [0.2, 0.25) is 0 Å². The van der Waals surface area contributed by atoms with Crippen LogP contribution in [-0.4, -0.2) is 25.0 Å². The van der Waals surface area contributed by atoms with E-state index in [2.05, 4.69) is 10.5 Å². The highest BCUT2D eigenvalue weighted by Crippen LogP contribution is 2.32. The number of carbonyl (C=O) groups excluding carboxylic acids is 2. The van der Waals surface area contributed by atoms with E-state index in [0.717, 1.165) is 5.56 Å². The smallest absolute Gasteiger partial charge is 0.255 e. The van der Waals surface area contributed by atoms with Gasteiger partial charge in [0.15, 0.2) is 11.9 Å². The number of carbonyl (C=O) groups is 2. The third kappa shape index (κ3) is 3.68. The van der Waals surface area contributed by atoms with Gasteiger partial charge in [-0.1, -0.05) is 17.3 Å². The first kappa shape index (κ1) is 16.7. The molecule has 0 saturated carbocycles. The van der Waals surface area contributed by atoms with E-state index in [1.165, 1.54) is 6.92 Å². The quantitative estimate of drug-likeness (QED) is 0.845. The van der Waals surface area contributed by atoms with Crippen LogP contribution in [0.3, 0.4) is 0 Å². The maximum atomic E-state index is 12.6. The van der Waals surface area contributed by atoms with Crippen molar-refractivity contribution in [2.45, 2.75) is 19.4 Å². The Kier molecular flexibility index (Phi) is 4.79. The molecule has 3 rings (SSSR count). The SMILES string of the molecule is COc1ccc(C(=O)Nc2cc(C(C)=O)ccc2C2CC=NO2)cc1. The molecule has 1 atom stereocenters. The van der Waals surface area contributed by atoms with Gasteiger partial charge < -0.3 is 14.9 Å². The molecule has 1 aliphatic heterocycles. The average molecular weight is 338 g/mol. The molecule has 6 nitrogen and oxygen atoms in total. The van der Waals surface area contributed by atoms with Crippen LogP contribution in [0.2, 0.25) is 0 Å². The Bertz CT molecular complexity index is 820. The second kappa shape index (κ2) is 7.17. The molecule has 0 aliphatic carbocycles. The summed E-state index contributed by atoms with van der Waals surface area (Å²) in [6.07, 6.45) is 2.02. The molecule has 0 radical (unpaired) electrons. The number of amides is 1. The fourth-order valence-electron chi connectivity index (χ4n) is 2.58. The van der Waals surface area contributed by atoms with E-state index in [-0.39, 0.29) is 17.8 Å². The van der Waals surface area contributed by atoms with Crippen LogP contribution in [0.5, 0.6) is 5.75 Å². The summed E-state index contributed by atoms with van der Waals surface area (Å²) >= 11 is 0. The molecule has 2 aromatic rings. The van der Waals surface area contributed by atoms with Crippen molar-refractivity contribution in [3.8, 4) is 5.75 Å². The first-order valence-electron chi connectivity index (χ1n) is 7.86. The molecular formula is C19H18N2O4. The van der Waals surface area contributed by atoms with E-state index in [4.69, 9.17) is 9.57 Å². The molecule has 0 bridgehead atoms. The lowest BCUT2D eigenvalue weighted by molar-refractivity contribution is 0.0860. The number of nitrogens with one attached hydrogen (secondary N) is 1. The van der Waals surface area contributed by atoms with Crippen LogP contribution in [0.4, 0.5) is 5.69 Å². The maximum absolute atomic E-state index is 12.6. The van der Waals surface area contributed by atoms with E-state index in [1.807, 2.05) is 0 Å². The number of Topliss-reactive ketones (excluding diaryl/α,β-unsaturated/α-hetero) is 1. The number of benzene rings is 2. The zero-order chi connectivity index (χ0) is 17.8. The van der Waals surface area contributed by atoms with Crippen LogP contribution >= 0.6 is 0 Å². The summed E-state index contributed by atoms with van der Waals surface area (Å²) in [6, 6.07) is 12.0. The first-order chi connectivity index (χ1) is 12.1. The van der Waals surface area contributed by atoms with Crippen LogP contribution in [0.25, 0.3) is 0 Å². The summed E-state index contributed by atoms with van der Waals surface area (Å²) < 4.78 is 5.10. The van der Waals surface area contributed by atoms with Crippen molar-refractivity contribution in [3.63, 3.8) is 0 Å². The summed E-state index contributed by atoms with van der Waals surface area (Å²) in [6.45, 7) is 1.49. The zero-order valence-electron chi connectivity index (χ0n) is 14.0. The summed E-state index contributed by atoms with van der Waals surface area (Å²) in [4.78, 5) is 29.5. The zero-order valence-corrected chi connectivity index (χ0v) is 14.0. The van der Waals surface area contributed by atoms with Gasteiger partial charge >= 0.3 is 0 Å². The highest BCUT2D eigenvalue weighted by molar-refractivity contribution is 6.05. The van der Waals surface area contributed by atoms with Gasteiger partial charge in [0.05, 0.1) is 7.11 Å². The number of hydrogen-bond donors (Lipinski definition) is 1. The standard InChI is InChI=1S/C19H18N2O4/c1-12(22)14-5-8-16(18-9-10-20-25-18)17(11-14)21-19(23)13-3-6-15(24-2)7-4-13/h3-8,10-11,18H,9H2,1-2H3,(H,21,23). The van der Waals surface area contributed by atoms with E-state index in [1.54, 1.807) is 55.8 Å². The number of methoxy groups -OCH3 is 1. The average Bonchev–Trinajstić information content (AvgIpc) is 3.16. The van der Waals surface area contributed by atoms with E-state index in [0.29, 0.717) is 29.0 Å². The molecule has 1 heterocycles. The number of ether oxygens (including phenoxy) is 1. The van der Waals surface area contributed by atoms with Gasteiger partial charge in [-0.05, 0) is 37.3 Å². The number of oxime groups is 1. The second-order valence-corrected chi connectivity index (χ2v) is 5.66. The molecule has 128 valence electrons. The largest absolute Gasteiger partial charge is 0.497 e. The molecule has 2 aromatic carbocycles. The lowest BCUT2D eigenvalue weighted by Crippen LogP contribution is -2.15. The minimum absolute atomic E-state index is 0.0740. The fourth-order valence-corrected chi connectivity index (χ4v) is 2.58. The predicted octanol–water partition coefficient (Wildman–Crippen LogP) is 3.60. The molecule has 0 saturated heterocycles. The third-order valence-corrected chi connectivity index (χ3v) is 3.99. The van der Waals surface area contributed by atoms with E-state index in [9.17, 15) is 9.59 Å². The van der Waals surface area contributed by atoms with Gasteiger partial charge in [-0.25, -0.2) is 0 Å².